The number of hydrogen-bond donors (Lipinski definition) is 4. The van der Waals surface area contributed by atoms with Crippen LogP contribution in [0.4, 0.5) is 5.69 Å². The number of hydrogen-bond acceptors (Lipinski definition) is 10. The Labute approximate surface area is 277 Å². The summed E-state index contributed by atoms with van der Waals surface area (Å²) in [5.74, 6) is -1.70. The van der Waals surface area contributed by atoms with E-state index in [2.05, 4.69) is 26.1 Å². The minimum atomic E-state index is -0.780. The molecule has 0 amide bonds. The molecule has 0 unspecified atom stereocenters. The van der Waals surface area contributed by atoms with Crippen LogP contribution < -0.4 is 5.32 Å². The molecule has 256 valence electrons. The minimum absolute atomic E-state index is 0.0244. The molecule has 0 aromatic heterocycles. The van der Waals surface area contributed by atoms with Gasteiger partial charge in [-0.25, -0.2) is 9.59 Å². The van der Waals surface area contributed by atoms with Crippen LogP contribution in [0.3, 0.4) is 0 Å². The van der Waals surface area contributed by atoms with Crippen LogP contribution in [0.15, 0.2) is 29.5 Å². The number of halogens is 1. The molecular formula is C35H51ClN2O8. The van der Waals surface area contributed by atoms with Gasteiger partial charge in [-0.15, -0.1) is 0 Å². The van der Waals surface area contributed by atoms with Crippen LogP contribution in [0.5, 0.6) is 0 Å². The number of cyclic esters (lactones) is 1. The normalized spacial score (nSPS) is 39.1. The van der Waals surface area contributed by atoms with Crippen LogP contribution in [0.2, 0.25) is 5.02 Å². The first-order chi connectivity index (χ1) is 21.7. The van der Waals surface area contributed by atoms with Gasteiger partial charge in [0.2, 0.25) is 5.76 Å². The predicted octanol–water partition coefficient (Wildman–Crippen LogP) is 5.03. The van der Waals surface area contributed by atoms with Gasteiger partial charge in [-0.2, -0.15) is 0 Å². The summed E-state index contributed by atoms with van der Waals surface area (Å²) in [5.41, 5.74) is 0.223. The maximum Gasteiger partial charge on any atom is 0.375 e. The smallest absolute Gasteiger partial charge is 0.375 e. The number of fused-ring (bicyclic) bond motifs is 3. The van der Waals surface area contributed by atoms with Crippen molar-refractivity contribution in [2.75, 3.05) is 46.3 Å². The molecule has 4 N–H and O–H groups in total. The molecule has 0 spiro atoms. The van der Waals surface area contributed by atoms with Crippen LogP contribution in [0.1, 0.15) is 70.2 Å². The molecule has 1 aromatic carbocycles. The summed E-state index contributed by atoms with van der Waals surface area (Å²) in [6, 6.07) is 5.04. The first kappa shape index (κ1) is 35.0. The van der Waals surface area contributed by atoms with Gasteiger partial charge in [-0.3, -0.25) is 4.90 Å². The van der Waals surface area contributed by atoms with Crippen molar-refractivity contribution in [3.8, 4) is 0 Å². The van der Waals surface area contributed by atoms with E-state index in [1.54, 1.807) is 44.3 Å². The average molecular weight is 663 g/mol. The summed E-state index contributed by atoms with van der Waals surface area (Å²) in [6.45, 7) is 8.98. The molecular weight excluding hydrogens is 612 g/mol. The number of benzene rings is 1. The van der Waals surface area contributed by atoms with Crippen molar-refractivity contribution >= 4 is 29.2 Å². The Morgan fingerprint density at radius 2 is 1.87 bits per heavy atom. The van der Waals surface area contributed by atoms with Crippen LogP contribution in [0.25, 0.3) is 0 Å². The first-order valence-electron chi connectivity index (χ1n) is 16.5. The fourth-order valence-electron chi connectivity index (χ4n) is 10.3. The number of esters is 2. The maximum atomic E-state index is 13.4. The molecule has 10 atom stereocenters. The molecule has 1 aromatic rings. The monoisotopic (exact) mass is 662 g/mol. The van der Waals surface area contributed by atoms with Gasteiger partial charge in [-0.05, 0) is 91.9 Å². The molecule has 0 radical (unpaired) electrons. The molecule has 3 aliphatic carbocycles. The first-order valence-corrected chi connectivity index (χ1v) is 16.9. The summed E-state index contributed by atoms with van der Waals surface area (Å²) in [5, 5.41) is 35.9. The zero-order valence-electron chi connectivity index (χ0n) is 28.1. The number of likely N-dealkylation sites (N-methyl/N-ethyl adjacent to an activating group) is 1. The van der Waals surface area contributed by atoms with E-state index in [1.807, 2.05) is 6.92 Å². The molecule has 5 rings (SSSR count). The van der Waals surface area contributed by atoms with Gasteiger partial charge in [0.25, 0.3) is 0 Å². The number of nitrogens with one attached hydrogen (secondary N) is 1. The van der Waals surface area contributed by atoms with Gasteiger partial charge in [0.05, 0.1) is 31.0 Å². The minimum Gasteiger partial charge on any atom is -0.502 e. The lowest BCUT2D eigenvalue weighted by molar-refractivity contribution is -0.225. The Balaban J connectivity index is 1.50. The molecule has 10 nitrogen and oxygen atoms in total. The Kier molecular flexibility index (Phi) is 9.81. The van der Waals surface area contributed by atoms with Crippen LogP contribution in [-0.4, -0.2) is 91.6 Å². The molecule has 1 heterocycles. The third-order valence-electron chi connectivity index (χ3n) is 12.6. The SMILES string of the molecule is CNc1ccc(Cl)cc1C(=O)OC[C@@]1(C)[C@@H]2CC[C@@]3(C)[C@H](C[C@H](OC)[C@@H](C)[C@@H]3C3=C(O)C(=O)O[C@H]3N(C)CCO)[C@@]2(C)CC[C@@H]1O. The van der Waals surface area contributed by atoms with Gasteiger partial charge in [-0.1, -0.05) is 39.3 Å². The highest BCUT2D eigenvalue weighted by atomic mass is 35.5. The van der Waals surface area contributed by atoms with Crippen molar-refractivity contribution in [2.45, 2.75) is 78.2 Å². The highest BCUT2D eigenvalue weighted by Gasteiger charge is 2.67. The van der Waals surface area contributed by atoms with Crippen LogP contribution in [0, 0.1) is 39.9 Å². The molecule has 3 fully saturated rings. The fourth-order valence-corrected chi connectivity index (χ4v) is 10.4. The number of ether oxygens (including phenoxy) is 3. The fraction of sp³-hybridized carbons (Fsp3) is 0.714. The Morgan fingerprint density at radius 3 is 2.52 bits per heavy atom. The zero-order chi connectivity index (χ0) is 33.8. The summed E-state index contributed by atoms with van der Waals surface area (Å²) in [6.07, 6.45) is 2.10. The Hall–Kier alpha value is -2.37. The van der Waals surface area contributed by atoms with E-state index in [0.717, 1.165) is 25.7 Å². The van der Waals surface area contributed by atoms with Crippen molar-refractivity contribution in [2.24, 2.45) is 39.9 Å². The highest BCUT2D eigenvalue weighted by molar-refractivity contribution is 6.31. The number of nitrogens with zero attached hydrogens (tertiary/aromatic N) is 1. The highest BCUT2D eigenvalue weighted by Crippen LogP contribution is 2.70. The number of rotatable bonds is 9. The lowest BCUT2D eigenvalue weighted by Gasteiger charge is -2.68. The van der Waals surface area contributed by atoms with Crippen LogP contribution in [-0.2, 0) is 19.0 Å². The van der Waals surface area contributed by atoms with E-state index < -0.39 is 29.7 Å². The second-order valence-corrected chi connectivity index (χ2v) is 15.3. The van der Waals surface area contributed by atoms with Crippen molar-refractivity contribution < 1.29 is 39.1 Å². The van der Waals surface area contributed by atoms with Gasteiger partial charge in [0, 0.05) is 42.4 Å². The van der Waals surface area contributed by atoms with Crippen LogP contribution >= 0.6 is 11.6 Å². The van der Waals surface area contributed by atoms with Crippen molar-refractivity contribution in [1.29, 1.82) is 0 Å². The number of aliphatic hydroxyl groups is 3. The largest absolute Gasteiger partial charge is 0.502 e. The van der Waals surface area contributed by atoms with E-state index in [0.29, 0.717) is 28.3 Å². The number of carbonyl (C=O) groups is 2. The molecule has 4 aliphatic rings. The van der Waals surface area contributed by atoms with Crippen molar-refractivity contribution in [3.05, 3.63) is 40.1 Å². The number of methoxy groups -OCH3 is 1. The van der Waals surface area contributed by atoms with E-state index in [1.165, 1.54) is 0 Å². The third-order valence-corrected chi connectivity index (χ3v) is 12.8. The number of anilines is 1. The lowest BCUT2D eigenvalue weighted by atomic mass is 9.37. The van der Waals surface area contributed by atoms with E-state index >= 15 is 0 Å². The second kappa shape index (κ2) is 12.9. The van der Waals surface area contributed by atoms with E-state index in [4.69, 9.17) is 25.8 Å². The van der Waals surface area contributed by atoms with Crippen molar-refractivity contribution in [3.63, 3.8) is 0 Å². The lowest BCUT2D eigenvalue weighted by Crippen LogP contribution is -2.65. The predicted molar refractivity (Wildman–Crippen MR) is 174 cm³/mol. The van der Waals surface area contributed by atoms with Gasteiger partial charge in [0.1, 0.15) is 0 Å². The summed E-state index contributed by atoms with van der Waals surface area (Å²) in [7, 11) is 5.23. The number of aliphatic hydroxyl groups excluding tert-OH is 3. The average Bonchev–Trinajstić information content (AvgIpc) is 3.31. The molecule has 0 saturated heterocycles. The summed E-state index contributed by atoms with van der Waals surface area (Å²) < 4.78 is 17.8. The molecule has 46 heavy (non-hydrogen) atoms. The Morgan fingerprint density at radius 1 is 1.17 bits per heavy atom. The van der Waals surface area contributed by atoms with Crippen molar-refractivity contribution in [1.82, 2.24) is 4.90 Å². The summed E-state index contributed by atoms with van der Waals surface area (Å²) in [4.78, 5) is 28.0. The van der Waals surface area contributed by atoms with Gasteiger partial charge in [0.15, 0.2) is 6.23 Å². The molecule has 1 aliphatic heterocycles. The maximum absolute atomic E-state index is 13.4. The Bertz CT molecular complexity index is 1370. The summed E-state index contributed by atoms with van der Waals surface area (Å²) >= 11 is 6.21. The number of carbonyl (C=O) groups excluding carboxylic acids is 2. The standard InChI is InChI=1S/C35H51ClN2O8/c1-19-23(44-7)17-25-33(2)13-11-26(40)35(4,18-45-31(42)21-16-20(36)8-9-22(21)37-5)24(33)10-12-34(25,3)28(19)27-29(41)32(43)46-30(27)38(6)14-15-39/h8-9,16,19,23-26,28,30,37,39-41H,10-15,17-18H2,1-7H3/t19-,23+,24-,25-,26+,28-,30-,33+,34+,35+/m1/s1. The quantitative estimate of drug-likeness (QED) is 0.267. The van der Waals surface area contributed by atoms with Gasteiger partial charge >= 0.3 is 11.9 Å². The molecule has 0 bridgehead atoms. The van der Waals surface area contributed by atoms with Gasteiger partial charge < -0.3 is 34.8 Å². The third kappa shape index (κ3) is 5.51. The topological polar surface area (TPSA) is 138 Å². The molecule has 3 saturated carbocycles. The second-order valence-electron chi connectivity index (χ2n) is 14.8. The zero-order valence-corrected chi connectivity index (χ0v) is 28.9. The van der Waals surface area contributed by atoms with E-state index in [9.17, 15) is 24.9 Å². The molecule has 11 heteroatoms. The van der Waals surface area contributed by atoms with E-state index in [-0.39, 0.29) is 66.1 Å².